The van der Waals surface area contributed by atoms with Gasteiger partial charge in [0.25, 0.3) is 0 Å². The van der Waals surface area contributed by atoms with Crippen LogP contribution >= 0.6 is 12.3 Å². The van der Waals surface area contributed by atoms with Crippen molar-refractivity contribution in [2.45, 2.75) is 137 Å². The highest BCUT2D eigenvalue weighted by atomic mass is 32.3. The minimum atomic E-state index is -5.57. The number of hydrogen-bond donors (Lipinski definition) is 13. The number of hydrogen-bond acceptors (Lipinski definition) is 34. The first-order chi connectivity index (χ1) is 37.3. The predicted molar refractivity (Wildman–Crippen MR) is 247 cm³/mol. The molecule has 1 saturated carbocycles. The van der Waals surface area contributed by atoms with Gasteiger partial charge < -0.3 is 89.2 Å². The Hall–Kier alpha value is -3.86. The number of carbonyl (C=O) groups excluding carboxylic acids is 2. The van der Waals surface area contributed by atoms with Gasteiger partial charge >= 0.3 is 43.1 Å². The van der Waals surface area contributed by atoms with Crippen LogP contribution in [0.15, 0.2) is 10.3 Å². The van der Waals surface area contributed by atoms with Crippen molar-refractivity contribution in [1.82, 2.24) is 10.6 Å². The van der Waals surface area contributed by atoms with Crippen LogP contribution in [-0.2, 0) is 119 Å². The van der Waals surface area contributed by atoms with Gasteiger partial charge in [-0.2, -0.15) is 25.3 Å². The summed E-state index contributed by atoms with van der Waals surface area (Å²) >= 11 is -0.0275. The number of carboxylic acids is 2. The highest BCUT2D eigenvalue weighted by molar-refractivity contribution is 7.89. The van der Waals surface area contributed by atoms with Gasteiger partial charge in [-0.05, 0) is 6.42 Å². The van der Waals surface area contributed by atoms with Crippen molar-refractivity contribution in [1.29, 1.82) is 0 Å². The molecule has 4 aliphatic rings. The smallest absolute Gasteiger partial charge is 0.397 e. The maximum Gasteiger partial charge on any atom is 0.397 e. The highest BCUT2D eigenvalue weighted by Gasteiger charge is 2.56. The topological polar surface area (TPSA) is 580 Å². The maximum absolute atomic E-state index is 12.5. The molecule has 20 atom stereocenters. The Morgan fingerprint density at radius 2 is 1.14 bits per heavy atom. The first-order valence-corrected chi connectivity index (χ1v) is 27.5. The average molecular weight is 1250 g/mol. The molecule has 80 heavy (non-hydrogen) atoms. The van der Waals surface area contributed by atoms with Gasteiger partial charge in [0.1, 0.15) is 67.0 Å². The third-order valence-electron chi connectivity index (χ3n) is 11.5. The van der Waals surface area contributed by atoms with E-state index in [0.717, 1.165) is 26.3 Å². The number of carboxylic acid groups (broad SMARTS) is 2. The molecule has 1 aliphatic carbocycles. The molecule has 0 bridgehead atoms. The molecule has 0 aromatic carbocycles. The van der Waals surface area contributed by atoms with E-state index < -0.39 is 210 Å². The standard InChI is InChI=1S/C36H58N4O36S4/c1-13-22(43)26(47)36(71-27(13)33(50)51)72-31-21(40-15(3)42)35(69-18(11-66-77-76-75-52)28(31)73-79(56,57)58)63-7-5-38-65-9-8-64-37-4-6-62-34-20(39-14(2)41)30(68-17-10-16(32(48)49)23(44)25(46)24(17)45)29(74-80(59,60)61)19(70-34)12-67-78(53,54)55/h4-5,13,16-31,34-36,43-47,52H,6-12H2,1-3H3,(H,39,41)(H,40,42)(H,48,49)(H,50,51)(H,53,54,55)(H,56,57,58)(H,59,60,61)/b37-4+,38-5+/t13?,16?,17-,18-,19?,20?,21?,22?,23-,24?,25+,26?,27+,28?,29+,30-,31?,34-,35+,36-/m1/s1. The van der Waals surface area contributed by atoms with E-state index in [1.165, 1.54) is 6.92 Å². The normalized spacial score (nSPS) is 35.4. The van der Waals surface area contributed by atoms with Gasteiger partial charge in [0.05, 0.1) is 63.1 Å². The second-order valence-electron chi connectivity index (χ2n) is 17.1. The van der Waals surface area contributed by atoms with Crippen LogP contribution in [0.3, 0.4) is 0 Å². The van der Waals surface area contributed by atoms with Gasteiger partial charge in [-0.1, -0.05) is 22.3 Å². The van der Waals surface area contributed by atoms with Gasteiger partial charge in [0.15, 0.2) is 50.5 Å². The van der Waals surface area contributed by atoms with E-state index >= 15 is 0 Å². The van der Waals surface area contributed by atoms with Crippen LogP contribution in [0.5, 0.6) is 0 Å². The van der Waals surface area contributed by atoms with Crippen molar-refractivity contribution < 1.29 is 168 Å². The summed E-state index contributed by atoms with van der Waals surface area (Å²) in [4.78, 5) is 58.8. The van der Waals surface area contributed by atoms with Crippen molar-refractivity contribution in [3.8, 4) is 0 Å². The Balaban J connectivity index is 1.44. The van der Waals surface area contributed by atoms with Crippen molar-refractivity contribution in [2.24, 2.45) is 22.1 Å². The summed E-state index contributed by atoms with van der Waals surface area (Å²) in [5.41, 5.74) is 0. The lowest BCUT2D eigenvalue weighted by atomic mass is 9.80. The van der Waals surface area contributed by atoms with E-state index in [1.807, 2.05) is 0 Å². The molecular formula is C36H58N4O36S4. The largest absolute Gasteiger partial charge is 0.481 e. The van der Waals surface area contributed by atoms with E-state index in [2.05, 4.69) is 34.5 Å². The number of rotatable bonds is 31. The predicted octanol–water partition coefficient (Wildman–Crippen LogP) is -6.83. The summed E-state index contributed by atoms with van der Waals surface area (Å²) in [6.45, 7) is -0.921. The van der Waals surface area contributed by atoms with Crippen LogP contribution in [0.25, 0.3) is 0 Å². The van der Waals surface area contributed by atoms with Crippen LogP contribution in [0.4, 0.5) is 0 Å². The lowest BCUT2D eigenvalue weighted by Gasteiger charge is -2.48. The number of aliphatic hydroxyl groups excluding tert-OH is 5. The molecule has 44 heteroatoms. The molecule has 4 rings (SSSR count). The van der Waals surface area contributed by atoms with Crippen molar-refractivity contribution in [3.63, 3.8) is 0 Å². The molecule has 0 aromatic heterocycles. The quantitative estimate of drug-likeness (QED) is 0.00766. The summed E-state index contributed by atoms with van der Waals surface area (Å²) in [5, 5.41) is 96.0. The zero-order valence-electron chi connectivity index (χ0n) is 41.3. The Bertz CT molecular complexity index is 2430. The SMILES string of the molecule is CC(=O)NC1C(O[C@H]2O[C@H](C(=O)O)C(C)C(O)C2O)C(OS(=O)(=O)O)[C@@H](COSOOO)O[C@@H]1OC/C=N/OCCO/N=C/CO[C@@H]1OC(COS(=O)(=O)O)[C@H](OS(=O)(=O)O)[C@H](O[C@@H]2CC(C(=O)O)[C@@H](O)[C@H](O)C2O)C1NC(C)=O. The summed E-state index contributed by atoms with van der Waals surface area (Å²) in [6, 6.07) is -3.50. The summed E-state index contributed by atoms with van der Waals surface area (Å²) in [5.74, 6) is -8.06. The second-order valence-corrected chi connectivity index (χ2v) is 20.8. The van der Waals surface area contributed by atoms with Crippen LogP contribution in [0.1, 0.15) is 27.2 Å². The molecule has 0 radical (unpaired) electrons. The number of aliphatic hydroxyl groups is 5. The first kappa shape index (κ1) is 68.6. The van der Waals surface area contributed by atoms with Crippen molar-refractivity contribution >= 4 is 79.7 Å². The highest BCUT2D eigenvalue weighted by Crippen LogP contribution is 2.36. The zero-order chi connectivity index (χ0) is 59.9. The summed E-state index contributed by atoms with van der Waals surface area (Å²) in [6.07, 6.45) is -30.6. The zero-order valence-corrected chi connectivity index (χ0v) is 44.6. The molecule has 3 heterocycles. The van der Waals surface area contributed by atoms with Gasteiger partial charge in [0.2, 0.25) is 11.8 Å². The van der Waals surface area contributed by atoms with Crippen LogP contribution in [-0.4, -0.2) is 266 Å². The van der Waals surface area contributed by atoms with E-state index in [9.17, 15) is 93.8 Å². The van der Waals surface area contributed by atoms with Crippen LogP contribution < -0.4 is 10.6 Å². The van der Waals surface area contributed by atoms with Crippen molar-refractivity contribution in [3.05, 3.63) is 0 Å². The molecule has 0 spiro atoms. The Kier molecular flexibility index (Phi) is 26.7. The van der Waals surface area contributed by atoms with E-state index in [0.29, 0.717) is 0 Å². The average Bonchev–Trinajstić information content (AvgIpc) is 3.34. The number of aliphatic carboxylic acids is 2. The monoisotopic (exact) mass is 1250 g/mol. The van der Waals surface area contributed by atoms with Crippen molar-refractivity contribution in [2.75, 3.05) is 39.6 Å². The van der Waals surface area contributed by atoms with Crippen LogP contribution in [0, 0.1) is 11.8 Å². The van der Waals surface area contributed by atoms with E-state index in [1.54, 1.807) is 0 Å². The molecule has 2 amide bonds. The first-order valence-electron chi connectivity index (χ1n) is 22.7. The maximum atomic E-state index is 12.5. The number of nitrogens with one attached hydrogen (secondary N) is 2. The van der Waals surface area contributed by atoms with Crippen LogP contribution in [0.2, 0.25) is 0 Å². The second kappa shape index (κ2) is 31.2. The Labute approximate surface area is 456 Å². The third kappa shape index (κ3) is 21.1. The fourth-order valence-electron chi connectivity index (χ4n) is 8.20. The number of carbonyl (C=O) groups is 4. The number of ether oxygens (including phenoxy) is 7. The summed E-state index contributed by atoms with van der Waals surface area (Å²) in [7, 11) is -16.3. The molecule has 4 fully saturated rings. The minimum absolute atomic E-state index is 0.0275. The van der Waals surface area contributed by atoms with E-state index in [4.69, 9.17) is 60.6 Å². The molecule has 10 unspecified atom stereocenters. The van der Waals surface area contributed by atoms with E-state index in [-0.39, 0.29) is 25.5 Å². The van der Waals surface area contributed by atoms with Gasteiger partial charge in [-0.3, -0.25) is 32.2 Å². The van der Waals surface area contributed by atoms with Gasteiger partial charge in [-0.25, -0.2) is 22.6 Å². The summed E-state index contributed by atoms with van der Waals surface area (Å²) < 4.78 is 163. The molecule has 40 nitrogen and oxygen atoms in total. The molecule has 0 aromatic rings. The molecule has 13 N–H and O–H groups in total. The van der Waals surface area contributed by atoms with Gasteiger partial charge in [-0.15, -0.1) is 4.33 Å². The molecule has 462 valence electrons. The molecule has 3 saturated heterocycles. The Morgan fingerprint density at radius 1 is 0.637 bits per heavy atom. The number of oxime groups is 2. The third-order valence-corrected chi connectivity index (χ3v) is 13.3. The minimum Gasteiger partial charge on any atom is -0.481 e. The lowest BCUT2D eigenvalue weighted by molar-refractivity contribution is -0.434. The lowest BCUT2D eigenvalue weighted by Crippen LogP contribution is -2.68. The fraction of sp³-hybridized carbons (Fsp3) is 0.833. The number of nitrogens with zero attached hydrogens (tertiary/aromatic N) is 2. The molecular weight excluding hydrogens is 1190 g/mol. The number of amides is 2. The Morgan fingerprint density at radius 3 is 1.59 bits per heavy atom. The molecule has 3 aliphatic heterocycles. The fourth-order valence-corrected chi connectivity index (χ4v) is 9.79. The van der Waals surface area contributed by atoms with Gasteiger partial charge in [0, 0.05) is 19.8 Å².